The minimum atomic E-state index is 0.156. The first-order valence-corrected chi connectivity index (χ1v) is 9.75. The molecule has 4 heteroatoms. The van der Waals surface area contributed by atoms with E-state index in [0.29, 0.717) is 17.0 Å². The first-order valence-electron chi connectivity index (χ1n) is 7.65. The number of carbonyl (C=O) groups excluding carboxylic acids is 1. The summed E-state index contributed by atoms with van der Waals surface area (Å²) in [6, 6.07) is 10.1. The second kappa shape index (κ2) is 6.25. The SMILES string of the molecule is CC1(C)[C@H](C(=O)NCc2ccccc2)[C@@H]1C1SCCCS1. The molecule has 1 heterocycles. The Morgan fingerprint density at radius 3 is 2.57 bits per heavy atom. The molecule has 114 valence electrons. The topological polar surface area (TPSA) is 29.1 Å². The molecule has 2 nitrogen and oxygen atoms in total. The van der Waals surface area contributed by atoms with Gasteiger partial charge in [0.2, 0.25) is 5.91 Å². The van der Waals surface area contributed by atoms with Gasteiger partial charge in [0, 0.05) is 12.5 Å². The lowest BCUT2D eigenvalue weighted by Crippen LogP contribution is -2.27. The largest absolute Gasteiger partial charge is 0.352 e. The van der Waals surface area contributed by atoms with E-state index in [1.807, 2.05) is 18.2 Å². The molecular weight excluding hydrogens is 298 g/mol. The molecule has 1 aliphatic heterocycles. The van der Waals surface area contributed by atoms with Gasteiger partial charge in [-0.1, -0.05) is 44.2 Å². The van der Waals surface area contributed by atoms with Gasteiger partial charge in [-0.2, -0.15) is 0 Å². The van der Waals surface area contributed by atoms with Crippen LogP contribution in [0.15, 0.2) is 30.3 Å². The Kier molecular flexibility index (Phi) is 4.55. The summed E-state index contributed by atoms with van der Waals surface area (Å²) >= 11 is 4.11. The summed E-state index contributed by atoms with van der Waals surface area (Å²) in [6.45, 7) is 5.14. The van der Waals surface area contributed by atoms with Crippen molar-refractivity contribution >= 4 is 29.4 Å². The quantitative estimate of drug-likeness (QED) is 0.915. The first kappa shape index (κ1) is 15.3. The summed E-state index contributed by atoms with van der Waals surface area (Å²) in [5, 5.41) is 3.13. The monoisotopic (exact) mass is 321 g/mol. The Bertz CT molecular complexity index is 497. The number of hydrogen-bond acceptors (Lipinski definition) is 3. The fourth-order valence-electron chi connectivity index (χ4n) is 3.29. The van der Waals surface area contributed by atoms with Crippen LogP contribution in [-0.4, -0.2) is 22.0 Å². The molecule has 0 radical (unpaired) electrons. The van der Waals surface area contributed by atoms with Crippen LogP contribution < -0.4 is 5.32 Å². The van der Waals surface area contributed by atoms with Crippen molar-refractivity contribution in [2.45, 2.75) is 31.4 Å². The van der Waals surface area contributed by atoms with Crippen LogP contribution in [0.3, 0.4) is 0 Å². The number of benzene rings is 1. The molecule has 1 aliphatic carbocycles. The number of rotatable bonds is 4. The fourth-order valence-corrected chi connectivity index (χ4v) is 6.96. The maximum absolute atomic E-state index is 12.5. The van der Waals surface area contributed by atoms with Gasteiger partial charge < -0.3 is 5.32 Å². The summed E-state index contributed by atoms with van der Waals surface area (Å²) < 4.78 is 0.612. The number of amides is 1. The molecule has 1 N–H and O–H groups in total. The van der Waals surface area contributed by atoms with E-state index >= 15 is 0 Å². The summed E-state index contributed by atoms with van der Waals surface area (Å²) in [7, 11) is 0. The summed E-state index contributed by atoms with van der Waals surface area (Å²) in [4.78, 5) is 12.5. The van der Waals surface area contributed by atoms with E-state index in [2.05, 4.69) is 54.8 Å². The van der Waals surface area contributed by atoms with Crippen LogP contribution in [0.5, 0.6) is 0 Å². The van der Waals surface area contributed by atoms with Crippen LogP contribution in [0.2, 0.25) is 0 Å². The molecular formula is C17H23NOS2. The predicted molar refractivity (Wildman–Crippen MR) is 92.4 cm³/mol. The second-order valence-electron chi connectivity index (χ2n) is 6.49. The summed E-state index contributed by atoms with van der Waals surface area (Å²) in [6.07, 6.45) is 1.31. The van der Waals surface area contributed by atoms with Gasteiger partial charge >= 0.3 is 0 Å². The highest BCUT2D eigenvalue weighted by Gasteiger charge is 2.64. The molecule has 0 spiro atoms. The minimum Gasteiger partial charge on any atom is -0.352 e. The van der Waals surface area contributed by atoms with Crippen molar-refractivity contribution in [3.05, 3.63) is 35.9 Å². The average Bonchev–Trinajstić information content (AvgIpc) is 3.09. The molecule has 0 bridgehead atoms. The molecule has 1 amide bonds. The van der Waals surface area contributed by atoms with Crippen molar-refractivity contribution < 1.29 is 4.79 Å². The van der Waals surface area contributed by atoms with Crippen molar-refractivity contribution in [1.29, 1.82) is 0 Å². The van der Waals surface area contributed by atoms with E-state index in [-0.39, 0.29) is 17.2 Å². The van der Waals surface area contributed by atoms with Gasteiger partial charge in [-0.15, -0.1) is 23.5 Å². The molecule has 21 heavy (non-hydrogen) atoms. The molecule has 2 fully saturated rings. The lowest BCUT2D eigenvalue weighted by atomic mass is 10.1. The zero-order valence-electron chi connectivity index (χ0n) is 12.7. The average molecular weight is 322 g/mol. The predicted octanol–water partition coefficient (Wildman–Crippen LogP) is 3.77. The van der Waals surface area contributed by atoms with Gasteiger partial charge in [-0.05, 0) is 34.8 Å². The Labute approximate surface area is 135 Å². The van der Waals surface area contributed by atoms with Crippen molar-refractivity contribution in [2.24, 2.45) is 17.3 Å². The number of carbonyl (C=O) groups is 1. The van der Waals surface area contributed by atoms with Crippen molar-refractivity contribution in [3.63, 3.8) is 0 Å². The molecule has 2 aliphatic rings. The van der Waals surface area contributed by atoms with Gasteiger partial charge in [0.1, 0.15) is 0 Å². The van der Waals surface area contributed by atoms with E-state index in [1.165, 1.54) is 23.5 Å². The molecule has 1 aromatic carbocycles. The molecule has 0 aromatic heterocycles. The maximum atomic E-state index is 12.5. The lowest BCUT2D eigenvalue weighted by Gasteiger charge is -2.22. The van der Waals surface area contributed by atoms with Gasteiger partial charge in [-0.25, -0.2) is 0 Å². The summed E-state index contributed by atoms with van der Waals surface area (Å²) in [5.74, 6) is 3.46. The third-order valence-corrected chi connectivity index (χ3v) is 7.76. The van der Waals surface area contributed by atoms with Crippen LogP contribution in [0.4, 0.5) is 0 Å². The normalized spacial score (nSPS) is 28.1. The molecule has 0 unspecified atom stereocenters. The number of nitrogens with one attached hydrogen (secondary N) is 1. The molecule has 1 saturated carbocycles. The van der Waals surface area contributed by atoms with E-state index < -0.39 is 0 Å². The van der Waals surface area contributed by atoms with E-state index in [1.54, 1.807) is 0 Å². The van der Waals surface area contributed by atoms with Crippen LogP contribution in [-0.2, 0) is 11.3 Å². The van der Waals surface area contributed by atoms with Gasteiger partial charge in [0.25, 0.3) is 0 Å². The van der Waals surface area contributed by atoms with Crippen LogP contribution in [0, 0.1) is 17.3 Å². The molecule has 1 aromatic rings. The third-order valence-electron chi connectivity index (χ3n) is 4.65. The van der Waals surface area contributed by atoms with Gasteiger partial charge in [0.05, 0.1) is 4.58 Å². The Balaban J connectivity index is 1.57. The lowest BCUT2D eigenvalue weighted by molar-refractivity contribution is -0.123. The molecule has 2 atom stereocenters. The highest BCUT2D eigenvalue weighted by molar-refractivity contribution is 8.17. The molecule has 3 rings (SSSR count). The zero-order chi connectivity index (χ0) is 14.9. The highest BCUT2D eigenvalue weighted by atomic mass is 32.2. The van der Waals surface area contributed by atoms with Crippen LogP contribution in [0.25, 0.3) is 0 Å². The summed E-state index contributed by atoms with van der Waals surface area (Å²) in [5.41, 5.74) is 1.32. The van der Waals surface area contributed by atoms with Gasteiger partial charge in [-0.3, -0.25) is 4.79 Å². The van der Waals surface area contributed by atoms with Crippen molar-refractivity contribution in [1.82, 2.24) is 5.32 Å². The number of hydrogen-bond donors (Lipinski definition) is 1. The van der Waals surface area contributed by atoms with Gasteiger partial charge in [0.15, 0.2) is 0 Å². The van der Waals surface area contributed by atoms with E-state index in [9.17, 15) is 4.79 Å². The van der Waals surface area contributed by atoms with Crippen LogP contribution >= 0.6 is 23.5 Å². The standard InChI is InChI=1S/C17H23NOS2/c1-17(2)13(14(17)16-20-9-6-10-21-16)15(19)18-11-12-7-4-3-5-8-12/h3-5,7-8,13-14,16H,6,9-11H2,1-2H3,(H,18,19)/t13-,14+/m0/s1. The second-order valence-corrected chi connectivity index (χ2v) is 9.29. The Hall–Kier alpha value is -0.610. The van der Waals surface area contributed by atoms with E-state index in [0.717, 1.165) is 0 Å². The zero-order valence-corrected chi connectivity index (χ0v) is 14.3. The fraction of sp³-hybridized carbons (Fsp3) is 0.588. The Morgan fingerprint density at radius 1 is 1.24 bits per heavy atom. The number of thioether (sulfide) groups is 2. The smallest absolute Gasteiger partial charge is 0.224 e. The third kappa shape index (κ3) is 3.26. The van der Waals surface area contributed by atoms with Crippen molar-refractivity contribution in [3.8, 4) is 0 Å². The first-order chi connectivity index (χ1) is 10.1. The minimum absolute atomic E-state index is 0.156. The van der Waals surface area contributed by atoms with Crippen molar-refractivity contribution in [2.75, 3.05) is 11.5 Å². The Morgan fingerprint density at radius 2 is 1.90 bits per heavy atom. The molecule has 1 saturated heterocycles. The maximum Gasteiger partial charge on any atom is 0.224 e. The highest BCUT2D eigenvalue weighted by Crippen LogP contribution is 2.64. The van der Waals surface area contributed by atoms with E-state index in [4.69, 9.17) is 0 Å². The van der Waals surface area contributed by atoms with Crippen LogP contribution in [0.1, 0.15) is 25.8 Å².